The summed E-state index contributed by atoms with van der Waals surface area (Å²) in [4.78, 5) is 10.1. The topological polar surface area (TPSA) is 30.2 Å². The van der Waals surface area contributed by atoms with Crippen LogP contribution < -0.4 is 0 Å². The molecule has 41 heavy (non-hydrogen) atoms. The molecule has 0 amide bonds. The summed E-state index contributed by atoms with van der Waals surface area (Å²) in [7, 11) is 0. The van der Waals surface area contributed by atoms with Crippen LogP contribution in [0.2, 0.25) is 0 Å². The van der Waals surface area contributed by atoms with Gasteiger partial charge in [-0.2, -0.15) is 0 Å². The van der Waals surface area contributed by atoms with Crippen molar-refractivity contribution in [3.63, 3.8) is 0 Å². The Bertz CT molecular complexity index is 2460. The molecular weight excluding hydrogens is 498 g/mol. The Balaban J connectivity index is 1.30. The van der Waals surface area contributed by atoms with Crippen LogP contribution in [0.3, 0.4) is 0 Å². The molecule has 3 nitrogen and oxygen atoms in total. The van der Waals surface area contributed by atoms with Crippen LogP contribution in [0.1, 0.15) is 0 Å². The van der Waals surface area contributed by atoms with E-state index in [1.165, 1.54) is 48.7 Å². The summed E-state index contributed by atoms with van der Waals surface area (Å²) < 4.78 is 2.21. The van der Waals surface area contributed by atoms with Gasteiger partial charge < -0.3 is 0 Å². The van der Waals surface area contributed by atoms with Gasteiger partial charge in [0, 0.05) is 34.3 Å². The van der Waals surface area contributed by atoms with Gasteiger partial charge in [0.05, 0.1) is 16.7 Å². The molecule has 0 bridgehead atoms. The van der Waals surface area contributed by atoms with Gasteiger partial charge in [0.25, 0.3) is 0 Å². The van der Waals surface area contributed by atoms with Crippen molar-refractivity contribution in [2.24, 2.45) is 0 Å². The Morgan fingerprint density at radius 1 is 0.512 bits per heavy atom. The van der Waals surface area contributed by atoms with E-state index in [-0.39, 0.29) is 0 Å². The van der Waals surface area contributed by atoms with Gasteiger partial charge in [-0.3, -0.25) is 9.38 Å². The highest BCUT2D eigenvalue weighted by molar-refractivity contribution is 6.30. The van der Waals surface area contributed by atoms with Crippen molar-refractivity contribution in [3.8, 4) is 22.4 Å². The quantitative estimate of drug-likeness (QED) is 0.212. The van der Waals surface area contributed by atoms with E-state index in [2.05, 4.69) is 132 Å². The molecule has 190 valence electrons. The summed E-state index contributed by atoms with van der Waals surface area (Å²) in [6.07, 6.45) is 4.11. The second-order valence-electron chi connectivity index (χ2n) is 10.7. The third kappa shape index (κ3) is 3.26. The van der Waals surface area contributed by atoms with E-state index < -0.39 is 0 Å². The molecule has 0 radical (unpaired) electrons. The molecule has 0 fully saturated rings. The van der Waals surface area contributed by atoms with Crippen LogP contribution in [0, 0.1) is 0 Å². The van der Waals surface area contributed by atoms with Crippen LogP contribution in [0.5, 0.6) is 0 Å². The highest BCUT2D eigenvalue weighted by Gasteiger charge is 2.17. The fraction of sp³-hybridized carbons (Fsp3) is 0. The minimum Gasteiger partial charge on any atom is -0.299 e. The maximum Gasteiger partial charge on any atom is 0.137 e. The van der Waals surface area contributed by atoms with Crippen molar-refractivity contribution in [3.05, 3.63) is 140 Å². The monoisotopic (exact) mass is 521 g/mol. The molecule has 3 heteroatoms. The zero-order valence-electron chi connectivity index (χ0n) is 22.1. The molecule has 9 rings (SSSR count). The lowest BCUT2D eigenvalue weighted by atomic mass is 9.93. The predicted octanol–water partition coefficient (Wildman–Crippen LogP) is 9.83. The normalized spacial score (nSPS) is 11.9. The number of imidazole rings is 1. The standard InChI is InChI=1S/C38H23N3/c1-3-11-28-24(8-1)10-7-13-29(28)27-17-20-34(39-23-27)26-16-18-31-33(22-26)36-30-12-4-2-9-25(30)15-19-32(36)37-38(31)41-21-6-5-14-35(41)40-37/h1-23H. The molecule has 0 saturated carbocycles. The van der Waals surface area contributed by atoms with Gasteiger partial charge in [-0.1, -0.05) is 103 Å². The summed E-state index contributed by atoms with van der Waals surface area (Å²) in [6.45, 7) is 0. The van der Waals surface area contributed by atoms with Gasteiger partial charge in [-0.15, -0.1) is 0 Å². The number of hydrogen-bond donors (Lipinski definition) is 0. The zero-order valence-corrected chi connectivity index (χ0v) is 22.1. The van der Waals surface area contributed by atoms with Crippen molar-refractivity contribution in [2.75, 3.05) is 0 Å². The number of pyridine rings is 2. The average Bonchev–Trinajstić information content (AvgIpc) is 3.44. The number of aromatic nitrogens is 3. The summed E-state index contributed by atoms with van der Waals surface area (Å²) in [6, 6.07) is 45.3. The third-order valence-corrected chi connectivity index (χ3v) is 8.42. The first-order valence-electron chi connectivity index (χ1n) is 13.9. The highest BCUT2D eigenvalue weighted by atomic mass is 15.0. The number of nitrogens with zero attached hydrogens (tertiary/aromatic N) is 3. The van der Waals surface area contributed by atoms with Gasteiger partial charge in [0.2, 0.25) is 0 Å². The molecule has 0 aliphatic rings. The largest absolute Gasteiger partial charge is 0.299 e. The van der Waals surface area contributed by atoms with Crippen LogP contribution in [0.25, 0.3) is 82.2 Å². The lowest BCUT2D eigenvalue weighted by Gasteiger charge is -2.12. The lowest BCUT2D eigenvalue weighted by molar-refractivity contribution is 1.23. The molecule has 3 aromatic heterocycles. The number of benzene rings is 6. The summed E-state index contributed by atoms with van der Waals surface area (Å²) in [5.41, 5.74) is 7.52. The number of fused-ring (bicyclic) bond motifs is 11. The van der Waals surface area contributed by atoms with Crippen LogP contribution >= 0.6 is 0 Å². The van der Waals surface area contributed by atoms with Crippen molar-refractivity contribution in [2.45, 2.75) is 0 Å². The van der Waals surface area contributed by atoms with Gasteiger partial charge in [0.1, 0.15) is 5.65 Å². The minimum atomic E-state index is 0.958. The Hall–Kier alpha value is -5.54. The van der Waals surface area contributed by atoms with E-state index in [4.69, 9.17) is 9.97 Å². The maximum absolute atomic E-state index is 5.09. The van der Waals surface area contributed by atoms with E-state index >= 15 is 0 Å². The van der Waals surface area contributed by atoms with Gasteiger partial charge in [-0.25, -0.2) is 4.98 Å². The first-order chi connectivity index (χ1) is 20.3. The smallest absolute Gasteiger partial charge is 0.137 e. The van der Waals surface area contributed by atoms with E-state index in [0.717, 1.165) is 33.5 Å². The van der Waals surface area contributed by atoms with E-state index in [1.807, 2.05) is 12.3 Å². The van der Waals surface area contributed by atoms with Crippen LogP contribution in [-0.4, -0.2) is 14.4 Å². The third-order valence-electron chi connectivity index (χ3n) is 8.42. The van der Waals surface area contributed by atoms with Crippen LogP contribution in [0.4, 0.5) is 0 Å². The Kier molecular flexibility index (Phi) is 4.61. The molecule has 6 aromatic carbocycles. The summed E-state index contributed by atoms with van der Waals surface area (Å²) in [5, 5.41) is 9.77. The molecule has 0 atom stereocenters. The Morgan fingerprint density at radius 3 is 2.15 bits per heavy atom. The predicted molar refractivity (Wildman–Crippen MR) is 171 cm³/mol. The molecule has 0 unspecified atom stereocenters. The maximum atomic E-state index is 5.09. The highest BCUT2D eigenvalue weighted by Crippen LogP contribution is 2.40. The number of hydrogen-bond acceptors (Lipinski definition) is 2. The van der Waals surface area contributed by atoms with Crippen LogP contribution in [-0.2, 0) is 0 Å². The summed E-state index contributed by atoms with van der Waals surface area (Å²) >= 11 is 0. The van der Waals surface area contributed by atoms with Crippen molar-refractivity contribution < 1.29 is 0 Å². The van der Waals surface area contributed by atoms with Gasteiger partial charge in [-0.05, 0) is 62.1 Å². The SMILES string of the molecule is c1ccc2c(-c3ccc(-c4ccc5c(c4)c4c6ccccc6ccc4c4nc6ccccn6c54)nc3)cccc2c1. The Morgan fingerprint density at radius 2 is 1.27 bits per heavy atom. The molecule has 9 aromatic rings. The average molecular weight is 522 g/mol. The van der Waals surface area contributed by atoms with E-state index in [1.54, 1.807) is 0 Å². The van der Waals surface area contributed by atoms with Crippen molar-refractivity contribution in [1.29, 1.82) is 0 Å². The fourth-order valence-electron chi connectivity index (χ4n) is 6.52. The zero-order chi connectivity index (χ0) is 26.9. The van der Waals surface area contributed by atoms with Crippen LogP contribution in [0.15, 0.2) is 140 Å². The number of rotatable bonds is 2. The molecule has 0 saturated heterocycles. The molecular formula is C38H23N3. The molecule has 0 spiro atoms. The van der Waals surface area contributed by atoms with E-state index in [0.29, 0.717) is 0 Å². The Labute approximate surface area is 236 Å². The molecule has 3 heterocycles. The first-order valence-corrected chi connectivity index (χ1v) is 13.9. The second-order valence-corrected chi connectivity index (χ2v) is 10.7. The first kappa shape index (κ1) is 22.3. The molecule has 0 N–H and O–H groups in total. The fourth-order valence-corrected chi connectivity index (χ4v) is 6.52. The molecule has 0 aliphatic carbocycles. The second kappa shape index (κ2) is 8.48. The lowest BCUT2D eigenvalue weighted by Crippen LogP contribution is -1.90. The van der Waals surface area contributed by atoms with Crippen molar-refractivity contribution in [1.82, 2.24) is 14.4 Å². The van der Waals surface area contributed by atoms with E-state index in [9.17, 15) is 0 Å². The van der Waals surface area contributed by atoms with Gasteiger partial charge >= 0.3 is 0 Å². The van der Waals surface area contributed by atoms with Gasteiger partial charge in [0.15, 0.2) is 0 Å². The summed E-state index contributed by atoms with van der Waals surface area (Å²) in [5.74, 6) is 0. The minimum absolute atomic E-state index is 0.958. The van der Waals surface area contributed by atoms with Crippen molar-refractivity contribution >= 4 is 59.8 Å². The molecule has 0 aliphatic heterocycles.